The Labute approximate surface area is 174 Å². The zero-order valence-corrected chi connectivity index (χ0v) is 18.1. The van der Waals surface area contributed by atoms with Crippen LogP contribution in [0.25, 0.3) is 0 Å². The number of carbonyl (C=O) groups is 2. The first-order chi connectivity index (χ1) is 14.0. The average molecular weight is 402 g/mol. The summed E-state index contributed by atoms with van der Waals surface area (Å²) in [5, 5.41) is 0. The number of ether oxygens (including phenoxy) is 1. The molecule has 0 bridgehead atoms. The number of amides is 2. The molecule has 1 aliphatic carbocycles. The molecular formula is C23H35N3O3. The first-order valence-corrected chi connectivity index (χ1v) is 10.7. The Morgan fingerprint density at radius 3 is 2.38 bits per heavy atom. The molecule has 0 radical (unpaired) electrons. The smallest absolute Gasteiger partial charge is 0.320 e. The Kier molecular flexibility index (Phi) is 6.96. The number of methoxy groups -OCH3 is 1. The summed E-state index contributed by atoms with van der Waals surface area (Å²) in [5.41, 5.74) is 1.22. The number of aldehydes is 1. The molecule has 160 valence electrons. The molecule has 2 fully saturated rings. The Bertz CT molecular complexity index is 684. The highest BCUT2D eigenvalue weighted by Gasteiger charge is 2.53. The van der Waals surface area contributed by atoms with E-state index in [4.69, 9.17) is 4.74 Å². The molecule has 1 aliphatic heterocycles. The Morgan fingerprint density at radius 1 is 1.10 bits per heavy atom. The fraction of sp³-hybridized carbons (Fsp3) is 0.652. The summed E-state index contributed by atoms with van der Waals surface area (Å²) in [7, 11) is 6.03. The summed E-state index contributed by atoms with van der Waals surface area (Å²) in [6.07, 6.45) is 6.11. The number of nitrogens with zero attached hydrogens (tertiary/aromatic N) is 3. The van der Waals surface area contributed by atoms with E-state index < -0.39 is 0 Å². The summed E-state index contributed by atoms with van der Waals surface area (Å²) in [6.45, 7) is 2.61. The van der Waals surface area contributed by atoms with Crippen LogP contribution in [0.1, 0.15) is 44.1 Å². The summed E-state index contributed by atoms with van der Waals surface area (Å²) < 4.78 is 5.22. The monoisotopic (exact) mass is 401 g/mol. The van der Waals surface area contributed by atoms with Crippen molar-refractivity contribution < 1.29 is 14.3 Å². The molecule has 3 rings (SSSR count). The quantitative estimate of drug-likeness (QED) is 0.471. The van der Waals surface area contributed by atoms with E-state index in [0.29, 0.717) is 26.1 Å². The lowest BCUT2D eigenvalue weighted by atomic mass is 9.68. The third-order valence-corrected chi connectivity index (χ3v) is 6.98. The van der Waals surface area contributed by atoms with E-state index in [-0.39, 0.29) is 17.1 Å². The van der Waals surface area contributed by atoms with Crippen LogP contribution in [0.4, 0.5) is 4.79 Å². The van der Waals surface area contributed by atoms with E-state index in [2.05, 4.69) is 54.2 Å². The minimum atomic E-state index is -0.137. The van der Waals surface area contributed by atoms with Crippen molar-refractivity contribution in [2.75, 3.05) is 47.4 Å². The minimum absolute atomic E-state index is 0.00394. The van der Waals surface area contributed by atoms with Crippen molar-refractivity contribution in [3.05, 3.63) is 35.9 Å². The molecule has 0 aromatic heterocycles. The fourth-order valence-electron chi connectivity index (χ4n) is 5.26. The molecule has 1 saturated carbocycles. The molecule has 1 aromatic carbocycles. The Morgan fingerprint density at radius 2 is 1.79 bits per heavy atom. The summed E-state index contributed by atoms with van der Waals surface area (Å²) in [5.74, 6) is 0. The second-order valence-electron chi connectivity index (χ2n) is 8.67. The van der Waals surface area contributed by atoms with Crippen LogP contribution in [-0.2, 0) is 15.1 Å². The van der Waals surface area contributed by atoms with Gasteiger partial charge in [-0.05, 0) is 51.8 Å². The molecular weight excluding hydrogens is 366 g/mol. The number of carbonyl (C=O) groups excluding carboxylic acids is 2. The lowest BCUT2D eigenvalue weighted by Crippen LogP contribution is -2.55. The fourth-order valence-corrected chi connectivity index (χ4v) is 5.26. The minimum Gasteiger partial charge on any atom is -0.385 e. The van der Waals surface area contributed by atoms with Crippen molar-refractivity contribution in [3.8, 4) is 0 Å². The maximum absolute atomic E-state index is 13.1. The van der Waals surface area contributed by atoms with Crippen LogP contribution in [0.5, 0.6) is 0 Å². The van der Waals surface area contributed by atoms with Gasteiger partial charge >= 0.3 is 6.03 Å². The highest BCUT2D eigenvalue weighted by atomic mass is 16.5. The zero-order valence-electron chi connectivity index (χ0n) is 18.1. The molecule has 1 aromatic rings. The zero-order chi connectivity index (χ0) is 20.9. The van der Waals surface area contributed by atoms with Gasteiger partial charge < -0.3 is 19.3 Å². The van der Waals surface area contributed by atoms with Crippen LogP contribution in [0, 0.1) is 0 Å². The topological polar surface area (TPSA) is 53.1 Å². The third-order valence-electron chi connectivity index (χ3n) is 6.98. The third kappa shape index (κ3) is 4.19. The largest absolute Gasteiger partial charge is 0.385 e. The van der Waals surface area contributed by atoms with Gasteiger partial charge in [0.2, 0.25) is 0 Å². The second kappa shape index (κ2) is 9.26. The molecule has 1 heterocycles. The molecule has 6 nitrogen and oxygen atoms in total. The van der Waals surface area contributed by atoms with Crippen molar-refractivity contribution >= 4 is 12.3 Å². The highest BCUT2D eigenvalue weighted by molar-refractivity contribution is 5.78. The molecule has 6 heteroatoms. The molecule has 2 amide bonds. The molecule has 29 heavy (non-hydrogen) atoms. The van der Waals surface area contributed by atoms with Crippen LogP contribution >= 0.6 is 0 Å². The van der Waals surface area contributed by atoms with Gasteiger partial charge in [0.1, 0.15) is 6.29 Å². The van der Waals surface area contributed by atoms with Crippen LogP contribution in [0.3, 0.4) is 0 Å². The van der Waals surface area contributed by atoms with E-state index in [0.717, 1.165) is 44.9 Å². The number of hydrogen-bond donors (Lipinski definition) is 0. The van der Waals surface area contributed by atoms with E-state index >= 15 is 0 Å². The van der Waals surface area contributed by atoms with Crippen molar-refractivity contribution in [2.24, 2.45) is 0 Å². The number of rotatable bonds is 9. The Balaban J connectivity index is 1.82. The van der Waals surface area contributed by atoms with Gasteiger partial charge in [-0.3, -0.25) is 4.90 Å². The average Bonchev–Trinajstić information content (AvgIpc) is 2.99. The van der Waals surface area contributed by atoms with Crippen molar-refractivity contribution in [1.82, 2.24) is 14.7 Å². The maximum Gasteiger partial charge on any atom is 0.320 e. The summed E-state index contributed by atoms with van der Waals surface area (Å²) >= 11 is 0. The van der Waals surface area contributed by atoms with Gasteiger partial charge in [-0.2, -0.15) is 0 Å². The van der Waals surface area contributed by atoms with Gasteiger partial charge in [0, 0.05) is 45.3 Å². The van der Waals surface area contributed by atoms with Crippen molar-refractivity contribution in [3.63, 3.8) is 0 Å². The standard InChI is InChI=1S/C23H35N3O3/c1-24(2)23(20-9-5-4-6-10-20)13-11-22(12-14-23)19-25(15-7-17-27)21(28)26(22)16-8-18-29-3/h4-6,9-10,17H,7-8,11-16,18-19H2,1-3H3. The molecule has 0 unspecified atom stereocenters. The molecule has 0 atom stereocenters. The predicted octanol–water partition coefficient (Wildman–Crippen LogP) is 3.12. The van der Waals surface area contributed by atoms with Gasteiger partial charge in [-0.1, -0.05) is 30.3 Å². The SMILES string of the molecule is COCCCN1C(=O)N(CCC=O)CC12CCC(c1ccccc1)(N(C)C)CC2. The highest BCUT2D eigenvalue weighted by Crippen LogP contribution is 2.48. The van der Waals surface area contributed by atoms with Gasteiger partial charge in [0.15, 0.2) is 0 Å². The first-order valence-electron chi connectivity index (χ1n) is 10.7. The normalized spacial score (nSPS) is 27.2. The summed E-state index contributed by atoms with van der Waals surface area (Å²) in [6, 6.07) is 10.8. The van der Waals surface area contributed by atoms with Crippen LogP contribution in [0.15, 0.2) is 30.3 Å². The lowest BCUT2D eigenvalue weighted by Gasteiger charge is -2.51. The molecule has 2 aliphatic rings. The van der Waals surface area contributed by atoms with Gasteiger partial charge in [0.05, 0.1) is 5.54 Å². The molecule has 1 spiro atoms. The lowest BCUT2D eigenvalue weighted by molar-refractivity contribution is -0.108. The van der Waals surface area contributed by atoms with Crippen LogP contribution < -0.4 is 0 Å². The van der Waals surface area contributed by atoms with Gasteiger partial charge in [0.25, 0.3) is 0 Å². The van der Waals surface area contributed by atoms with Crippen molar-refractivity contribution in [2.45, 2.75) is 49.6 Å². The predicted molar refractivity (Wildman–Crippen MR) is 114 cm³/mol. The summed E-state index contributed by atoms with van der Waals surface area (Å²) in [4.78, 5) is 30.3. The number of benzene rings is 1. The van der Waals surface area contributed by atoms with E-state index in [9.17, 15) is 9.59 Å². The molecule has 1 saturated heterocycles. The van der Waals surface area contributed by atoms with E-state index in [1.54, 1.807) is 7.11 Å². The van der Waals surface area contributed by atoms with Gasteiger partial charge in [-0.25, -0.2) is 4.79 Å². The van der Waals surface area contributed by atoms with Crippen LogP contribution in [0.2, 0.25) is 0 Å². The Hall–Kier alpha value is -1.92. The maximum atomic E-state index is 13.1. The van der Waals surface area contributed by atoms with Gasteiger partial charge in [-0.15, -0.1) is 0 Å². The number of hydrogen-bond acceptors (Lipinski definition) is 4. The first kappa shape index (κ1) is 21.8. The van der Waals surface area contributed by atoms with E-state index in [1.165, 1.54) is 5.56 Å². The number of urea groups is 1. The second-order valence-corrected chi connectivity index (χ2v) is 8.67. The van der Waals surface area contributed by atoms with E-state index in [1.807, 2.05) is 4.90 Å². The van der Waals surface area contributed by atoms with Crippen LogP contribution in [-0.4, -0.2) is 80.0 Å². The van der Waals surface area contributed by atoms with Crippen molar-refractivity contribution in [1.29, 1.82) is 0 Å². The molecule has 0 N–H and O–H groups in total.